The molecule has 1 fully saturated rings. The predicted octanol–water partition coefficient (Wildman–Crippen LogP) is 3.10. The molecular weight excluding hydrogens is 442 g/mol. The van der Waals surface area contributed by atoms with Crippen molar-refractivity contribution in [3.05, 3.63) is 77.0 Å². The SMILES string of the molecule is CC(=O)c1ccc(S(=O)(=O)N2CCN(C(=O)c3cc(C)n(Cc4ccco4)c3C)CC2)cc1. The van der Waals surface area contributed by atoms with Crippen LogP contribution in [0.25, 0.3) is 0 Å². The number of hydrogen-bond acceptors (Lipinski definition) is 5. The van der Waals surface area contributed by atoms with Crippen LogP contribution in [0.2, 0.25) is 0 Å². The fourth-order valence-electron chi connectivity index (χ4n) is 4.13. The number of nitrogens with zero attached hydrogens (tertiary/aromatic N) is 3. The lowest BCUT2D eigenvalue weighted by molar-refractivity contribution is 0.0697. The first-order valence-corrected chi connectivity index (χ1v) is 12.2. The Kier molecular flexibility index (Phi) is 6.27. The van der Waals surface area contributed by atoms with Crippen LogP contribution in [-0.2, 0) is 16.6 Å². The zero-order valence-corrected chi connectivity index (χ0v) is 19.8. The Balaban J connectivity index is 1.44. The summed E-state index contributed by atoms with van der Waals surface area (Å²) < 4.78 is 34.9. The predicted molar refractivity (Wildman–Crippen MR) is 123 cm³/mol. The first-order valence-electron chi connectivity index (χ1n) is 10.8. The van der Waals surface area contributed by atoms with Gasteiger partial charge in [0.15, 0.2) is 5.78 Å². The third-order valence-electron chi connectivity index (χ3n) is 6.12. The van der Waals surface area contributed by atoms with Crippen LogP contribution in [0.4, 0.5) is 0 Å². The number of amides is 1. The third kappa shape index (κ3) is 4.51. The topological polar surface area (TPSA) is 92.8 Å². The van der Waals surface area contributed by atoms with E-state index < -0.39 is 10.0 Å². The maximum absolute atomic E-state index is 13.2. The highest BCUT2D eigenvalue weighted by Gasteiger charge is 2.31. The minimum atomic E-state index is -3.69. The molecule has 2 aromatic heterocycles. The summed E-state index contributed by atoms with van der Waals surface area (Å²) in [6.45, 7) is 6.90. The molecule has 9 heteroatoms. The molecule has 0 N–H and O–H groups in total. The van der Waals surface area contributed by atoms with Gasteiger partial charge in [-0.25, -0.2) is 8.42 Å². The highest BCUT2D eigenvalue weighted by atomic mass is 32.2. The molecule has 0 bridgehead atoms. The van der Waals surface area contributed by atoms with E-state index in [0.717, 1.165) is 17.1 Å². The van der Waals surface area contributed by atoms with Crippen molar-refractivity contribution in [3.63, 3.8) is 0 Å². The minimum Gasteiger partial charge on any atom is -0.467 e. The van der Waals surface area contributed by atoms with Gasteiger partial charge < -0.3 is 13.9 Å². The first-order chi connectivity index (χ1) is 15.7. The van der Waals surface area contributed by atoms with Gasteiger partial charge in [0.1, 0.15) is 5.76 Å². The summed E-state index contributed by atoms with van der Waals surface area (Å²) in [5.41, 5.74) is 2.90. The summed E-state index contributed by atoms with van der Waals surface area (Å²) >= 11 is 0. The van der Waals surface area contributed by atoms with Crippen LogP contribution >= 0.6 is 0 Å². The fourth-order valence-corrected chi connectivity index (χ4v) is 5.55. The van der Waals surface area contributed by atoms with Crippen molar-refractivity contribution >= 4 is 21.7 Å². The standard InChI is InChI=1S/C24H27N3O5S/c1-17-15-23(18(2)27(17)16-21-5-4-14-32-21)24(29)25-10-12-26(13-11-25)33(30,31)22-8-6-20(7-9-22)19(3)28/h4-9,14-15H,10-13,16H2,1-3H3. The summed E-state index contributed by atoms with van der Waals surface area (Å²) in [6, 6.07) is 11.6. The Morgan fingerprint density at radius 1 is 1.00 bits per heavy atom. The van der Waals surface area contributed by atoms with Crippen LogP contribution in [0, 0.1) is 13.8 Å². The minimum absolute atomic E-state index is 0.100. The van der Waals surface area contributed by atoms with Crippen LogP contribution in [-0.4, -0.2) is 60.1 Å². The molecule has 1 saturated heterocycles. The highest BCUT2D eigenvalue weighted by molar-refractivity contribution is 7.89. The average Bonchev–Trinajstić information content (AvgIpc) is 3.42. The Morgan fingerprint density at radius 2 is 1.67 bits per heavy atom. The van der Waals surface area contributed by atoms with Gasteiger partial charge in [0.05, 0.1) is 23.3 Å². The average molecular weight is 470 g/mol. The number of ketones is 1. The Labute approximate surface area is 193 Å². The largest absolute Gasteiger partial charge is 0.467 e. The summed E-state index contributed by atoms with van der Waals surface area (Å²) in [7, 11) is -3.69. The molecule has 0 unspecified atom stereocenters. The van der Waals surface area contributed by atoms with Gasteiger partial charge in [-0.2, -0.15) is 4.31 Å². The first kappa shape index (κ1) is 23.0. The lowest BCUT2D eigenvalue weighted by Crippen LogP contribution is -2.50. The van der Waals surface area contributed by atoms with E-state index in [4.69, 9.17) is 4.42 Å². The van der Waals surface area contributed by atoms with E-state index in [0.29, 0.717) is 30.8 Å². The number of carbonyl (C=O) groups is 2. The number of aromatic nitrogens is 1. The second kappa shape index (κ2) is 8.99. The molecule has 0 spiro atoms. The molecule has 0 saturated carbocycles. The van der Waals surface area contributed by atoms with Crippen LogP contribution < -0.4 is 0 Å². The third-order valence-corrected chi connectivity index (χ3v) is 8.04. The van der Waals surface area contributed by atoms with Gasteiger partial charge in [-0.3, -0.25) is 9.59 Å². The van der Waals surface area contributed by atoms with Gasteiger partial charge >= 0.3 is 0 Å². The Hall–Kier alpha value is -3.17. The number of rotatable bonds is 6. The van der Waals surface area contributed by atoms with Crippen LogP contribution in [0.5, 0.6) is 0 Å². The van der Waals surface area contributed by atoms with Gasteiger partial charge in [0.2, 0.25) is 10.0 Å². The Bertz CT molecular complexity index is 1270. The highest BCUT2D eigenvalue weighted by Crippen LogP contribution is 2.22. The number of sulfonamides is 1. The van der Waals surface area contributed by atoms with Crippen molar-refractivity contribution in [1.29, 1.82) is 0 Å². The number of hydrogen-bond donors (Lipinski definition) is 0. The molecule has 4 rings (SSSR count). The number of piperazine rings is 1. The van der Waals surface area contributed by atoms with Gasteiger partial charge in [0, 0.05) is 43.1 Å². The van der Waals surface area contributed by atoms with E-state index in [1.54, 1.807) is 11.2 Å². The van der Waals surface area contributed by atoms with Gasteiger partial charge in [-0.1, -0.05) is 12.1 Å². The summed E-state index contributed by atoms with van der Waals surface area (Å²) in [5.74, 6) is 0.595. The zero-order chi connectivity index (χ0) is 23.8. The second-order valence-electron chi connectivity index (χ2n) is 8.23. The molecule has 0 aliphatic carbocycles. The summed E-state index contributed by atoms with van der Waals surface area (Å²) in [5, 5.41) is 0. The van der Waals surface area contributed by atoms with Crippen molar-refractivity contribution in [1.82, 2.24) is 13.8 Å². The quantitative estimate of drug-likeness (QED) is 0.517. The van der Waals surface area contributed by atoms with Crippen molar-refractivity contribution in [2.75, 3.05) is 26.2 Å². The second-order valence-corrected chi connectivity index (χ2v) is 10.2. The van der Waals surface area contributed by atoms with Gasteiger partial charge in [-0.05, 0) is 51.1 Å². The summed E-state index contributed by atoms with van der Waals surface area (Å²) in [6.07, 6.45) is 1.63. The number of aryl methyl sites for hydroxylation is 1. The van der Waals surface area contributed by atoms with Crippen molar-refractivity contribution < 1.29 is 22.4 Å². The Morgan fingerprint density at radius 3 is 2.24 bits per heavy atom. The molecule has 1 aliphatic rings. The molecule has 8 nitrogen and oxygen atoms in total. The normalized spacial score (nSPS) is 15.1. The summed E-state index contributed by atoms with van der Waals surface area (Å²) in [4.78, 5) is 26.5. The van der Waals surface area contributed by atoms with E-state index in [1.807, 2.05) is 36.6 Å². The van der Waals surface area contributed by atoms with Crippen molar-refractivity contribution in [2.45, 2.75) is 32.2 Å². The molecule has 3 aromatic rings. The molecular formula is C24H27N3O5S. The van der Waals surface area contributed by atoms with Crippen LogP contribution in [0.15, 0.2) is 58.0 Å². The van der Waals surface area contributed by atoms with Gasteiger partial charge in [-0.15, -0.1) is 0 Å². The van der Waals surface area contributed by atoms with Gasteiger partial charge in [0.25, 0.3) is 5.91 Å². The molecule has 174 valence electrons. The fraction of sp³-hybridized carbons (Fsp3) is 0.333. The van der Waals surface area contributed by atoms with E-state index >= 15 is 0 Å². The lowest BCUT2D eigenvalue weighted by Gasteiger charge is -2.34. The number of benzene rings is 1. The number of furan rings is 1. The maximum atomic E-state index is 13.2. The van der Waals surface area contributed by atoms with E-state index in [2.05, 4.69) is 0 Å². The van der Waals surface area contributed by atoms with Crippen LogP contribution in [0.3, 0.4) is 0 Å². The van der Waals surface area contributed by atoms with Crippen LogP contribution in [0.1, 0.15) is 44.8 Å². The molecule has 3 heterocycles. The monoisotopic (exact) mass is 469 g/mol. The molecule has 0 radical (unpaired) electrons. The van der Waals surface area contributed by atoms with E-state index in [1.165, 1.54) is 35.5 Å². The molecule has 1 amide bonds. The molecule has 33 heavy (non-hydrogen) atoms. The molecule has 1 aliphatic heterocycles. The van der Waals surface area contributed by atoms with E-state index in [9.17, 15) is 18.0 Å². The number of carbonyl (C=O) groups excluding carboxylic acids is 2. The zero-order valence-electron chi connectivity index (χ0n) is 18.9. The lowest BCUT2D eigenvalue weighted by atomic mass is 10.2. The molecule has 0 atom stereocenters. The van der Waals surface area contributed by atoms with E-state index in [-0.39, 0.29) is 29.7 Å². The smallest absolute Gasteiger partial charge is 0.255 e. The maximum Gasteiger partial charge on any atom is 0.255 e. The molecule has 1 aromatic carbocycles. The van der Waals surface area contributed by atoms with Crippen molar-refractivity contribution in [3.8, 4) is 0 Å². The number of Topliss-reactive ketones (excluding diaryl/α,β-unsaturated/α-hetero) is 1. The van der Waals surface area contributed by atoms with Crippen molar-refractivity contribution in [2.24, 2.45) is 0 Å².